The second-order valence-corrected chi connectivity index (χ2v) is 12.5. The number of nitrogens with zero attached hydrogens (tertiary/aromatic N) is 2. The number of hydrogen-bond donors (Lipinski definition) is 0. The van der Waals surface area contributed by atoms with Crippen LogP contribution in [0.5, 0.6) is 0 Å². The maximum atomic E-state index is 14.1. The molecule has 1 unspecified atom stereocenters. The fourth-order valence-corrected chi connectivity index (χ4v) is 6.25. The van der Waals surface area contributed by atoms with Crippen LogP contribution in [-0.4, -0.2) is 58.6 Å². The van der Waals surface area contributed by atoms with Gasteiger partial charge in [-0.25, -0.2) is 19.2 Å². The van der Waals surface area contributed by atoms with Gasteiger partial charge >= 0.3 is 23.6 Å². The summed E-state index contributed by atoms with van der Waals surface area (Å²) in [6.45, 7) is -0.114. The summed E-state index contributed by atoms with van der Waals surface area (Å²) in [5.74, 6) is -2.22. The normalized spacial score (nSPS) is 21.9. The minimum absolute atomic E-state index is 0.0870. The Balaban J connectivity index is 1.31. The number of epoxide rings is 1. The standard InChI is InChI=1S/C40H34N2O10/c1-41-32(43)22-30(23-40(25-49-40)29-20-12-5-13-21-29)42(39(41)47)35-34(52-38(46)28-18-10-4-11-19-28)33(51-37(45)27-16-8-3-9-17-27)31(50-35)24-48-36(44)26-14-6-2-7-15-26/h2-22,31,33-35H,23-25H2,1H3/t31-,33-,34-,35-,40?/m1/s1. The average Bonchev–Trinajstić information content (AvgIpc) is 3.90. The summed E-state index contributed by atoms with van der Waals surface area (Å²) in [4.78, 5) is 67.6. The van der Waals surface area contributed by atoms with Crippen molar-refractivity contribution < 1.29 is 38.1 Å². The third-order valence-corrected chi connectivity index (χ3v) is 9.12. The molecular weight excluding hydrogens is 668 g/mol. The molecule has 2 aliphatic heterocycles. The van der Waals surface area contributed by atoms with Crippen LogP contribution < -0.4 is 11.2 Å². The number of rotatable bonds is 11. The van der Waals surface area contributed by atoms with Gasteiger partial charge in [0.05, 0.1) is 23.3 Å². The van der Waals surface area contributed by atoms with Gasteiger partial charge in [-0.1, -0.05) is 84.9 Å². The van der Waals surface area contributed by atoms with E-state index in [2.05, 4.69) is 0 Å². The Morgan fingerprint density at radius 2 is 1.19 bits per heavy atom. The summed E-state index contributed by atoms with van der Waals surface area (Å²) < 4.78 is 32.3. The van der Waals surface area contributed by atoms with E-state index in [1.807, 2.05) is 30.3 Å². The number of esters is 3. The second-order valence-electron chi connectivity index (χ2n) is 12.5. The molecule has 5 aromatic rings. The number of aromatic nitrogens is 2. The first-order chi connectivity index (χ1) is 25.2. The van der Waals surface area contributed by atoms with Crippen molar-refractivity contribution in [3.63, 3.8) is 0 Å². The molecule has 264 valence electrons. The van der Waals surface area contributed by atoms with Crippen LogP contribution >= 0.6 is 0 Å². The highest BCUT2D eigenvalue weighted by molar-refractivity contribution is 5.91. The number of ether oxygens (including phenoxy) is 5. The molecule has 1 aromatic heterocycles. The number of carbonyl (C=O) groups excluding carboxylic acids is 3. The van der Waals surface area contributed by atoms with E-state index in [0.29, 0.717) is 6.61 Å². The fourth-order valence-electron chi connectivity index (χ4n) is 6.25. The van der Waals surface area contributed by atoms with Gasteiger partial charge in [-0.15, -0.1) is 0 Å². The molecule has 0 radical (unpaired) electrons. The van der Waals surface area contributed by atoms with Gasteiger partial charge in [-0.05, 0) is 42.0 Å². The number of benzene rings is 4. The highest BCUT2D eigenvalue weighted by Crippen LogP contribution is 2.43. The van der Waals surface area contributed by atoms with Crippen molar-refractivity contribution in [2.75, 3.05) is 13.2 Å². The van der Waals surface area contributed by atoms with Gasteiger partial charge in [-0.3, -0.25) is 13.9 Å². The molecule has 12 nitrogen and oxygen atoms in total. The number of hydrogen-bond acceptors (Lipinski definition) is 10. The van der Waals surface area contributed by atoms with Crippen molar-refractivity contribution >= 4 is 17.9 Å². The first kappa shape index (κ1) is 34.3. The zero-order chi connectivity index (χ0) is 36.2. The van der Waals surface area contributed by atoms with Gasteiger partial charge < -0.3 is 23.7 Å². The van der Waals surface area contributed by atoms with E-state index < -0.39 is 65.9 Å². The predicted octanol–water partition coefficient (Wildman–Crippen LogP) is 4.22. The predicted molar refractivity (Wildman–Crippen MR) is 186 cm³/mol. The molecule has 4 aromatic carbocycles. The monoisotopic (exact) mass is 702 g/mol. The Kier molecular flexibility index (Phi) is 9.66. The number of carbonyl (C=O) groups is 3. The Labute approximate surface area is 297 Å². The molecule has 12 heteroatoms. The SMILES string of the molecule is Cn1c(=O)cc(CC2(c3ccccc3)CO2)n([C@@H]2O[C@H](COC(=O)c3ccccc3)[C@@H](OC(=O)c3ccccc3)[C@H]2OC(=O)c2ccccc2)c1=O. The van der Waals surface area contributed by atoms with Crippen molar-refractivity contribution in [3.05, 3.63) is 176 Å². The summed E-state index contributed by atoms with van der Waals surface area (Å²) in [7, 11) is 1.32. The largest absolute Gasteiger partial charge is 0.459 e. The Hall–Kier alpha value is -6.11. The van der Waals surface area contributed by atoms with Crippen LogP contribution in [-0.2, 0) is 42.8 Å². The topological polar surface area (TPSA) is 145 Å². The van der Waals surface area contributed by atoms with Gasteiger partial charge in [0.25, 0.3) is 5.56 Å². The van der Waals surface area contributed by atoms with E-state index in [1.54, 1.807) is 91.0 Å². The highest BCUT2D eigenvalue weighted by Gasteiger charge is 2.53. The van der Waals surface area contributed by atoms with Crippen molar-refractivity contribution in [1.29, 1.82) is 0 Å². The van der Waals surface area contributed by atoms with Gasteiger partial charge in [0, 0.05) is 25.2 Å². The lowest BCUT2D eigenvalue weighted by Gasteiger charge is -2.27. The van der Waals surface area contributed by atoms with Crippen molar-refractivity contribution in [1.82, 2.24) is 9.13 Å². The lowest BCUT2D eigenvalue weighted by Crippen LogP contribution is -2.46. The maximum absolute atomic E-state index is 14.1. The zero-order valence-electron chi connectivity index (χ0n) is 28.0. The molecule has 0 saturated carbocycles. The highest BCUT2D eigenvalue weighted by atomic mass is 16.7. The van der Waals surface area contributed by atoms with Crippen LogP contribution in [0.1, 0.15) is 48.6 Å². The Morgan fingerprint density at radius 3 is 1.71 bits per heavy atom. The first-order valence-corrected chi connectivity index (χ1v) is 16.6. The molecule has 0 N–H and O–H groups in total. The van der Waals surface area contributed by atoms with Gasteiger partial charge in [0.1, 0.15) is 18.3 Å². The van der Waals surface area contributed by atoms with Crippen LogP contribution in [0.25, 0.3) is 0 Å². The smallest absolute Gasteiger partial charge is 0.338 e. The molecule has 2 saturated heterocycles. The van der Waals surface area contributed by atoms with Crippen molar-refractivity contribution in [3.8, 4) is 0 Å². The minimum Gasteiger partial charge on any atom is -0.459 e. The molecule has 52 heavy (non-hydrogen) atoms. The van der Waals surface area contributed by atoms with Gasteiger partial charge in [0.15, 0.2) is 18.4 Å². The summed E-state index contributed by atoms with van der Waals surface area (Å²) in [6.07, 6.45) is -5.42. The second kappa shape index (κ2) is 14.6. The molecule has 3 heterocycles. The van der Waals surface area contributed by atoms with Crippen LogP contribution in [0, 0.1) is 0 Å². The molecule has 0 amide bonds. The molecule has 5 atom stereocenters. The molecule has 0 bridgehead atoms. The van der Waals surface area contributed by atoms with Crippen molar-refractivity contribution in [2.24, 2.45) is 7.05 Å². The summed E-state index contributed by atoms with van der Waals surface area (Å²) in [5.41, 5.74) is -0.437. The summed E-state index contributed by atoms with van der Waals surface area (Å²) >= 11 is 0. The quantitative estimate of drug-likeness (QED) is 0.112. The zero-order valence-corrected chi connectivity index (χ0v) is 28.0. The lowest BCUT2D eigenvalue weighted by molar-refractivity contribution is -0.0657. The fraction of sp³-hybridized carbons (Fsp3) is 0.225. The Morgan fingerprint density at radius 1 is 0.712 bits per heavy atom. The molecule has 2 aliphatic rings. The molecular formula is C40H34N2O10. The van der Waals surface area contributed by atoms with E-state index in [-0.39, 0.29) is 28.8 Å². The minimum atomic E-state index is -1.46. The van der Waals surface area contributed by atoms with E-state index in [0.717, 1.165) is 10.1 Å². The van der Waals surface area contributed by atoms with E-state index >= 15 is 0 Å². The average molecular weight is 703 g/mol. The van der Waals surface area contributed by atoms with Crippen LogP contribution in [0.2, 0.25) is 0 Å². The Bertz CT molecular complexity index is 2180. The van der Waals surface area contributed by atoms with E-state index in [9.17, 15) is 24.0 Å². The third kappa shape index (κ3) is 7.07. The van der Waals surface area contributed by atoms with Crippen molar-refractivity contribution in [2.45, 2.75) is 36.6 Å². The molecule has 0 spiro atoms. The maximum Gasteiger partial charge on any atom is 0.338 e. The van der Waals surface area contributed by atoms with E-state index in [1.165, 1.54) is 17.7 Å². The van der Waals surface area contributed by atoms with E-state index in [4.69, 9.17) is 23.7 Å². The van der Waals surface area contributed by atoms with Gasteiger partial charge in [-0.2, -0.15) is 0 Å². The third-order valence-electron chi connectivity index (χ3n) is 9.12. The molecule has 7 rings (SSSR count). The van der Waals surface area contributed by atoms with Gasteiger partial charge in [0.2, 0.25) is 0 Å². The van der Waals surface area contributed by atoms with Crippen LogP contribution in [0.4, 0.5) is 0 Å². The lowest BCUT2D eigenvalue weighted by atomic mass is 9.94. The van der Waals surface area contributed by atoms with Crippen LogP contribution in [0.3, 0.4) is 0 Å². The summed E-state index contributed by atoms with van der Waals surface area (Å²) in [5, 5.41) is 0. The first-order valence-electron chi connectivity index (χ1n) is 16.6. The molecule has 0 aliphatic carbocycles. The summed E-state index contributed by atoms with van der Waals surface area (Å²) in [6, 6.07) is 35.3. The van der Waals surface area contributed by atoms with Crippen LogP contribution in [0.15, 0.2) is 137 Å². The molecule has 2 fully saturated rings.